The molecule has 0 aliphatic rings. The van der Waals surface area contributed by atoms with Crippen LogP contribution in [0.2, 0.25) is 0 Å². The van der Waals surface area contributed by atoms with Gasteiger partial charge in [0.1, 0.15) is 0 Å². The summed E-state index contributed by atoms with van der Waals surface area (Å²) in [6, 6.07) is 12.9. The number of rotatable bonds is 4. The Hall–Kier alpha value is -2.34. The van der Waals surface area contributed by atoms with Crippen LogP contribution in [0.15, 0.2) is 48.5 Å². The minimum Gasteiger partial charge on any atom is -0.399 e. The van der Waals surface area contributed by atoms with Crippen LogP contribution in [-0.2, 0) is 10.0 Å². The summed E-state index contributed by atoms with van der Waals surface area (Å²) in [5.74, 6) is -0.164. The van der Waals surface area contributed by atoms with Crippen LogP contribution < -0.4 is 10.5 Å². The van der Waals surface area contributed by atoms with E-state index in [0.29, 0.717) is 22.5 Å². The van der Waals surface area contributed by atoms with Crippen LogP contribution in [0.1, 0.15) is 15.9 Å². The molecule has 0 amide bonds. The molecule has 20 heavy (non-hydrogen) atoms. The average Bonchev–Trinajstić information content (AvgIpc) is 2.37. The fourth-order valence-electron chi connectivity index (χ4n) is 1.75. The Balaban J connectivity index is 2.24. The zero-order chi connectivity index (χ0) is 14.8. The first-order chi connectivity index (χ1) is 9.35. The molecule has 5 nitrogen and oxygen atoms in total. The van der Waals surface area contributed by atoms with Gasteiger partial charge in [-0.2, -0.15) is 0 Å². The highest BCUT2D eigenvalue weighted by Crippen LogP contribution is 2.16. The number of carbonyl (C=O) groups is 1. The van der Waals surface area contributed by atoms with Crippen molar-refractivity contribution in [2.75, 3.05) is 16.7 Å². The van der Waals surface area contributed by atoms with Gasteiger partial charge >= 0.3 is 0 Å². The molecule has 0 atom stereocenters. The fourth-order valence-corrected chi connectivity index (χ4v) is 2.31. The average molecular weight is 290 g/mol. The quantitative estimate of drug-likeness (QED) is 0.664. The second-order valence-electron chi connectivity index (χ2n) is 4.41. The largest absolute Gasteiger partial charge is 0.399 e. The van der Waals surface area contributed by atoms with Crippen LogP contribution in [0.5, 0.6) is 0 Å². The molecule has 0 heterocycles. The standard InChI is InChI=1S/C14H14N2O3S/c1-20(18,19)16-13-7-5-10(6-8-13)14(17)11-3-2-4-12(15)9-11/h2-9,16H,15H2,1H3. The molecular formula is C14H14N2O3S. The van der Waals surface area contributed by atoms with Crippen molar-refractivity contribution < 1.29 is 13.2 Å². The van der Waals surface area contributed by atoms with Gasteiger partial charge in [-0.1, -0.05) is 12.1 Å². The monoisotopic (exact) mass is 290 g/mol. The van der Waals surface area contributed by atoms with Crippen molar-refractivity contribution in [3.05, 3.63) is 59.7 Å². The highest BCUT2D eigenvalue weighted by molar-refractivity contribution is 7.92. The number of nitrogen functional groups attached to an aromatic ring is 1. The van der Waals surface area contributed by atoms with Crippen LogP contribution in [-0.4, -0.2) is 20.5 Å². The molecule has 3 N–H and O–H groups in total. The minimum absolute atomic E-state index is 0.164. The lowest BCUT2D eigenvalue weighted by Crippen LogP contribution is -2.09. The van der Waals surface area contributed by atoms with E-state index in [9.17, 15) is 13.2 Å². The molecule has 6 heteroatoms. The first kappa shape index (κ1) is 14.1. The van der Waals surface area contributed by atoms with Gasteiger partial charge in [-0.3, -0.25) is 9.52 Å². The smallest absolute Gasteiger partial charge is 0.229 e. The lowest BCUT2D eigenvalue weighted by atomic mass is 10.0. The van der Waals surface area contributed by atoms with Gasteiger partial charge in [0, 0.05) is 22.5 Å². The normalized spacial score (nSPS) is 11.1. The summed E-state index contributed by atoms with van der Waals surface area (Å²) >= 11 is 0. The summed E-state index contributed by atoms with van der Waals surface area (Å²) in [5, 5.41) is 0. The molecule has 2 aromatic rings. The molecule has 0 fully saturated rings. The summed E-state index contributed by atoms with van der Waals surface area (Å²) in [6.45, 7) is 0. The predicted octanol–water partition coefficient (Wildman–Crippen LogP) is 1.87. The zero-order valence-corrected chi connectivity index (χ0v) is 11.6. The molecule has 0 unspecified atom stereocenters. The molecule has 0 saturated heterocycles. The lowest BCUT2D eigenvalue weighted by molar-refractivity contribution is 0.103. The zero-order valence-electron chi connectivity index (χ0n) is 10.8. The number of nitrogens with two attached hydrogens (primary N) is 1. The van der Waals surface area contributed by atoms with Gasteiger partial charge in [-0.15, -0.1) is 0 Å². The van der Waals surface area contributed by atoms with Crippen molar-refractivity contribution in [1.82, 2.24) is 0 Å². The van der Waals surface area contributed by atoms with E-state index in [2.05, 4.69) is 4.72 Å². The highest BCUT2D eigenvalue weighted by atomic mass is 32.2. The molecule has 0 aliphatic carbocycles. The van der Waals surface area contributed by atoms with Crippen LogP contribution in [0.3, 0.4) is 0 Å². The Morgan fingerprint density at radius 2 is 1.70 bits per heavy atom. The van der Waals surface area contributed by atoms with Gasteiger partial charge in [-0.05, 0) is 36.4 Å². The lowest BCUT2D eigenvalue weighted by Gasteiger charge is -2.05. The predicted molar refractivity (Wildman–Crippen MR) is 79.2 cm³/mol. The molecule has 0 aliphatic heterocycles. The van der Waals surface area contributed by atoms with E-state index in [1.807, 2.05) is 0 Å². The number of benzene rings is 2. The number of nitrogens with one attached hydrogen (secondary N) is 1. The SMILES string of the molecule is CS(=O)(=O)Nc1ccc(C(=O)c2cccc(N)c2)cc1. The van der Waals surface area contributed by atoms with Crippen LogP contribution in [0.25, 0.3) is 0 Å². The van der Waals surface area contributed by atoms with E-state index >= 15 is 0 Å². The van der Waals surface area contributed by atoms with Gasteiger partial charge in [0.25, 0.3) is 0 Å². The highest BCUT2D eigenvalue weighted by Gasteiger charge is 2.09. The topological polar surface area (TPSA) is 89.3 Å². The van der Waals surface area contributed by atoms with E-state index in [1.54, 1.807) is 48.5 Å². The maximum absolute atomic E-state index is 12.2. The molecule has 2 rings (SSSR count). The summed E-state index contributed by atoms with van der Waals surface area (Å²) in [6.07, 6.45) is 1.07. The van der Waals surface area contributed by atoms with E-state index in [0.717, 1.165) is 6.26 Å². The molecule has 0 aromatic heterocycles. The number of anilines is 2. The fraction of sp³-hybridized carbons (Fsp3) is 0.0714. The van der Waals surface area contributed by atoms with E-state index < -0.39 is 10.0 Å². The molecule has 0 bridgehead atoms. The Labute approximate surface area is 117 Å². The van der Waals surface area contributed by atoms with Gasteiger partial charge in [0.15, 0.2) is 5.78 Å². The number of carbonyl (C=O) groups excluding carboxylic acids is 1. The second kappa shape index (κ2) is 5.34. The van der Waals surface area contributed by atoms with Crippen molar-refractivity contribution in [2.45, 2.75) is 0 Å². The Kier molecular flexibility index (Phi) is 3.76. The van der Waals surface area contributed by atoms with Crippen LogP contribution >= 0.6 is 0 Å². The number of sulfonamides is 1. The summed E-state index contributed by atoms with van der Waals surface area (Å²) in [5.41, 5.74) is 7.53. The van der Waals surface area contributed by atoms with Gasteiger partial charge < -0.3 is 5.73 Å². The first-order valence-corrected chi connectivity index (χ1v) is 7.72. The molecular weight excluding hydrogens is 276 g/mol. The third kappa shape index (κ3) is 3.58. The van der Waals surface area contributed by atoms with E-state index in [-0.39, 0.29) is 5.78 Å². The Bertz CT molecular complexity index is 737. The molecule has 0 saturated carbocycles. The maximum atomic E-state index is 12.2. The van der Waals surface area contributed by atoms with Crippen molar-refractivity contribution >= 4 is 27.2 Å². The summed E-state index contributed by atoms with van der Waals surface area (Å²) in [7, 11) is -3.32. The molecule has 0 radical (unpaired) electrons. The number of ketones is 1. The molecule has 2 aromatic carbocycles. The number of hydrogen-bond acceptors (Lipinski definition) is 4. The Morgan fingerprint density at radius 3 is 2.25 bits per heavy atom. The van der Waals surface area contributed by atoms with Crippen molar-refractivity contribution in [3.8, 4) is 0 Å². The third-order valence-corrected chi connectivity index (χ3v) is 3.21. The molecule has 0 spiro atoms. The van der Waals surface area contributed by atoms with Crippen LogP contribution in [0, 0.1) is 0 Å². The van der Waals surface area contributed by atoms with Gasteiger partial charge in [0.05, 0.1) is 6.26 Å². The van der Waals surface area contributed by atoms with E-state index in [4.69, 9.17) is 5.73 Å². The Morgan fingerprint density at radius 1 is 1.05 bits per heavy atom. The van der Waals surface area contributed by atoms with Crippen molar-refractivity contribution in [2.24, 2.45) is 0 Å². The maximum Gasteiger partial charge on any atom is 0.229 e. The summed E-state index contributed by atoms with van der Waals surface area (Å²) < 4.78 is 24.5. The van der Waals surface area contributed by atoms with E-state index in [1.165, 1.54) is 0 Å². The van der Waals surface area contributed by atoms with Gasteiger partial charge in [0.2, 0.25) is 10.0 Å². The minimum atomic E-state index is -3.32. The van der Waals surface area contributed by atoms with Crippen LogP contribution in [0.4, 0.5) is 11.4 Å². The third-order valence-electron chi connectivity index (χ3n) is 2.60. The molecule has 104 valence electrons. The van der Waals surface area contributed by atoms with Crippen molar-refractivity contribution in [3.63, 3.8) is 0 Å². The van der Waals surface area contributed by atoms with Crippen molar-refractivity contribution in [1.29, 1.82) is 0 Å². The number of hydrogen-bond donors (Lipinski definition) is 2. The second-order valence-corrected chi connectivity index (χ2v) is 6.15. The summed E-state index contributed by atoms with van der Waals surface area (Å²) in [4.78, 5) is 12.2. The first-order valence-electron chi connectivity index (χ1n) is 5.83. The van der Waals surface area contributed by atoms with Gasteiger partial charge in [-0.25, -0.2) is 8.42 Å².